The topological polar surface area (TPSA) is 80.7 Å². The molecule has 0 aromatic heterocycles. The zero-order valence-corrected chi connectivity index (χ0v) is 11.4. The summed E-state index contributed by atoms with van der Waals surface area (Å²) in [5.41, 5.74) is 1.11. The van der Waals surface area contributed by atoms with Gasteiger partial charge in [0.15, 0.2) is 9.84 Å². The number of benzene rings is 1. The number of hydrogen-bond acceptors (Lipinski definition) is 4. The number of aryl methyl sites for hydroxylation is 2. The number of rotatable bonds is 5. The van der Waals surface area contributed by atoms with E-state index >= 15 is 0 Å². The predicted octanol–water partition coefficient (Wildman–Crippen LogP) is 1.42. The maximum absolute atomic E-state index is 12.0. The summed E-state index contributed by atoms with van der Waals surface area (Å²) in [7, 11) is -2.10. The summed E-state index contributed by atoms with van der Waals surface area (Å²) in [4.78, 5) is 11.1. The molecule has 0 aliphatic carbocycles. The normalized spacial score (nSPS) is 11.5. The fraction of sp³-hybridized carbons (Fsp3) is 0.417. The van der Waals surface area contributed by atoms with Crippen molar-refractivity contribution in [1.82, 2.24) is 0 Å². The highest BCUT2D eigenvalue weighted by molar-refractivity contribution is 7.91. The van der Waals surface area contributed by atoms with Gasteiger partial charge in [-0.25, -0.2) is 13.2 Å². The van der Waals surface area contributed by atoms with E-state index in [-0.39, 0.29) is 22.8 Å². The summed E-state index contributed by atoms with van der Waals surface area (Å²) >= 11 is 0. The molecule has 0 unspecified atom stereocenters. The minimum absolute atomic E-state index is 0.0107. The molecule has 0 spiro atoms. The molecule has 0 bridgehead atoms. The van der Waals surface area contributed by atoms with Crippen molar-refractivity contribution < 1.29 is 23.1 Å². The van der Waals surface area contributed by atoms with Gasteiger partial charge in [0, 0.05) is 7.11 Å². The van der Waals surface area contributed by atoms with Crippen molar-refractivity contribution >= 4 is 15.8 Å². The van der Waals surface area contributed by atoms with Gasteiger partial charge in [0.25, 0.3) is 0 Å². The Morgan fingerprint density at radius 2 is 1.89 bits per heavy atom. The maximum atomic E-state index is 12.0. The summed E-state index contributed by atoms with van der Waals surface area (Å²) in [5, 5.41) is 9.00. The lowest BCUT2D eigenvalue weighted by molar-refractivity contribution is 0.0696. The standard InChI is InChI=1S/C12H16O5S/c1-8-6-9(2)11(7-10(8)12(13)14)18(15,16)5-4-17-3/h6-7H,4-5H2,1-3H3,(H,13,14). The largest absolute Gasteiger partial charge is 0.478 e. The van der Waals surface area contributed by atoms with Gasteiger partial charge in [-0.15, -0.1) is 0 Å². The van der Waals surface area contributed by atoms with Crippen LogP contribution in [0.1, 0.15) is 21.5 Å². The molecule has 0 fully saturated rings. The van der Waals surface area contributed by atoms with Gasteiger partial charge < -0.3 is 9.84 Å². The molecule has 0 amide bonds. The molecule has 0 atom stereocenters. The van der Waals surface area contributed by atoms with E-state index in [0.717, 1.165) is 0 Å². The molecule has 1 rings (SSSR count). The zero-order valence-electron chi connectivity index (χ0n) is 10.6. The van der Waals surface area contributed by atoms with E-state index in [9.17, 15) is 13.2 Å². The van der Waals surface area contributed by atoms with Crippen LogP contribution in [0.2, 0.25) is 0 Å². The zero-order chi connectivity index (χ0) is 13.9. The number of sulfone groups is 1. The molecule has 0 aliphatic heterocycles. The first-order chi connectivity index (χ1) is 8.29. The Labute approximate surface area is 106 Å². The second-order valence-electron chi connectivity index (χ2n) is 4.05. The highest BCUT2D eigenvalue weighted by Crippen LogP contribution is 2.21. The number of carbonyl (C=O) groups is 1. The molecule has 5 nitrogen and oxygen atoms in total. The first-order valence-electron chi connectivity index (χ1n) is 5.36. The van der Waals surface area contributed by atoms with Crippen molar-refractivity contribution in [2.24, 2.45) is 0 Å². The number of methoxy groups -OCH3 is 1. The molecular formula is C12H16O5S. The Hall–Kier alpha value is -1.40. The lowest BCUT2D eigenvalue weighted by Crippen LogP contribution is -2.14. The number of aromatic carboxylic acids is 1. The number of carboxylic acid groups (broad SMARTS) is 1. The van der Waals surface area contributed by atoms with Crippen LogP contribution in [0.5, 0.6) is 0 Å². The van der Waals surface area contributed by atoms with Crippen molar-refractivity contribution in [2.45, 2.75) is 18.7 Å². The van der Waals surface area contributed by atoms with Crippen molar-refractivity contribution in [3.63, 3.8) is 0 Å². The maximum Gasteiger partial charge on any atom is 0.335 e. The van der Waals surface area contributed by atoms with E-state index in [4.69, 9.17) is 9.84 Å². The Morgan fingerprint density at radius 1 is 1.28 bits per heavy atom. The van der Waals surface area contributed by atoms with E-state index in [1.807, 2.05) is 0 Å². The van der Waals surface area contributed by atoms with Crippen LogP contribution in [-0.2, 0) is 14.6 Å². The Morgan fingerprint density at radius 3 is 2.39 bits per heavy atom. The Kier molecular flexibility index (Phi) is 4.48. The lowest BCUT2D eigenvalue weighted by Gasteiger charge is -2.10. The molecule has 0 aliphatic rings. The fourth-order valence-electron chi connectivity index (χ4n) is 1.70. The molecule has 0 saturated carbocycles. The van der Waals surface area contributed by atoms with Crippen LogP contribution in [0.25, 0.3) is 0 Å². The molecule has 18 heavy (non-hydrogen) atoms. The van der Waals surface area contributed by atoms with Gasteiger partial charge in [-0.1, -0.05) is 6.07 Å². The lowest BCUT2D eigenvalue weighted by atomic mass is 10.1. The smallest absolute Gasteiger partial charge is 0.335 e. The number of hydrogen-bond donors (Lipinski definition) is 1. The summed E-state index contributed by atoms with van der Waals surface area (Å²) in [6, 6.07) is 2.79. The van der Waals surface area contributed by atoms with Gasteiger partial charge in [0.2, 0.25) is 0 Å². The van der Waals surface area contributed by atoms with Crippen LogP contribution in [0.4, 0.5) is 0 Å². The van der Waals surface area contributed by atoms with Crippen LogP contribution in [0.3, 0.4) is 0 Å². The van der Waals surface area contributed by atoms with Gasteiger partial charge in [0.1, 0.15) is 0 Å². The average molecular weight is 272 g/mol. The molecule has 1 aromatic carbocycles. The first-order valence-corrected chi connectivity index (χ1v) is 7.01. The molecule has 0 radical (unpaired) electrons. The van der Waals surface area contributed by atoms with Crippen molar-refractivity contribution in [1.29, 1.82) is 0 Å². The van der Waals surface area contributed by atoms with E-state index in [0.29, 0.717) is 11.1 Å². The van der Waals surface area contributed by atoms with E-state index in [1.165, 1.54) is 13.2 Å². The average Bonchev–Trinajstić information content (AvgIpc) is 2.25. The minimum Gasteiger partial charge on any atom is -0.478 e. The second kappa shape index (κ2) is 5.49. The molecule has 0 saturated heterocycles. The monoisotopic (exact) mass is 272 g/mol. The summed E-state index contributed by atoms with van der Waals surface area (Å²) < 4.78 is 28.8. The summed E-state index contributed by atoms with van der Waals surface area (Å²) in [6.07, 6.45) is 0. The van der Waals surface area contributed by atoms with E-state index in [2.05, 4.69) is 0 Å². The summed E-state index contributed by atoms with van der Waals surface area (Å²) in [6.45, 7) is 3.37. The SMILES string of the molecule is COCCS(=O)(=O)c1cc(C(=O)O)c(C)cc1C. The molecule has 100 valence electrons. The fourth-order valence-corrected chi connectivity index (χ4v) is 3.15. The third kappa shape index (κ3) is 3.08. The van der Waals surface area contributed by atoms with Crippen LogP contribution in [-0.4, -0.2) is 39.0 Å². The summed E-state index contributed by atoms with van der Waals surface area (Å²) in [5.74, 6) is -1.29. The minimum atomic E-state index is -3.51. The Balaban J connectivity index is 3.33. The van der Waals surface area contributed by atoms with Crippen molar-refractivity contribution in [2.75, 3.05) is 19.5 Å². The van der Waals surface area contributed by atoms with Gasteiger partial charge in [-0.3, -0.25) is 0 Å². The van der Waals surface area contributed by atoms with Crippen LogP contribution in [0.15, 0.2) is 17.0 Å². The van der Waals surface area contributed by atoms with Gasteiger partial charge in [-0.05, 0) is 31.0 Å². The number of carboxylic acids is 1. The van der Waals surface area contributed by atoms with Gasteiger partial charge in [0.05, 0.1) is 22.8 Å². The molecule has 1 aromatic rings. The number of ether oxygens (including phenoxy) is 1. The Bertz CT molecular complexity index is 560. The van der Waals surface area contributed by atoms with E-state index < -0.39 is 15.8 Å². The highest BCUT2D eigenvalue weighted by Gasteiger charge is 2.20. The second-order valence-corrected chi connectivity index (χ2v) is 6.13. The van der Waals surface area contributed by atoms with E-state index in [1.54, 1.807) is 19.9 Å². The molecule has 6 heteroatoms. The predicted molar refractivity (Wildman–Crippen MR) is 66.8 cm³/mol. The molecular weight excluding hydrogens is 256 g/mol. The molecule has 1 N–H and O–H groups in total. The van der Waals surface area contributed by atoms with Crippen molar-refractivity contribution in [3.8, 4) is 0 Å². The van der Waals surface area contributed by atoms with Crippen molar-refractivity contribution in [3.05, 3.63) is 28.8 Å². The highest BCUT2D eigenvalue weighted by atomic mass is 32.2. The third-order valence-electron chi connectivity index (χ3n) is 2.64. The first kappa shape index (κ1) is 14.7. The quantitative estimate of drug-likeness (QED) is 0.876. The van der Waals surface area contributed by atoms with Gasteiger partial charge >= 0.3 is 5.97 Å². The van der Waals surface area contributed by atoms with Crippen LogP contribution < -0.4 is 0 Å². The van der Waals surface area contributed by atoms with Crippen LogP contribution in [0, 0.1) is 13.8 Å². The third-order valence-corrected chi connectivity index (χ3v) is 4.46. The van der Waals surface area contributed by atoms with Gasteiger partial charge in [-0.2, -0.15) is 0 Å². The molecule has 0 heterocycles. The van der Waals surface area contributed by atoms with Crippen LogP contribution >= 0.6 is 0 Å².